The first-order valence-electron chi connectivity index (χ1n) is 9.24. The van der Waals surface area contributed by atoms with Crippen LogP contribution in [0.5, 0.6) is 0 Å². The first-order chi connectivity index (χ1) is 12.9. The summed E-state index contributed by atoms with van der Waals surface area (Å²) in [6.07, 6.45) is 1.83. The van der Waals surface area contributed by atoms with Gasteiger partial charge >= 0.3 is 0 Å². The Hall–Kier alpha value is -2.95. The molecule has 1 aliphatic heterocycles. The van der Waals surface area contributed by atoms with E-state index in [4.69, 9.17) is 0 Å². The van der Waals surface area contributed by atoms with E-state index in [2.05, 4.69) is 36.5 Å². The highest BCUT2D eigenvalue weighted by molar-refractivity contribution is 6.00. The van der Waals surface area contributed by atoms with Gasteiger partial charge in [0.05, 0.1) is 12.1 Å². The highest BCUT2D eigenvalue weighted by Gasteiger charge is 2.35. The van der Waals surface area contributed by atoms with Crippen LogP contribution in [-0.2, 0) is 9.59 Å². The molecule has 0 aliphatic carbocycles. The van der Waals surface area contributed by atoms with E-state index in [1.807, 2.05) is 43.3 Å². The molecular formula is C22H25N3O2. The highest BCUT2D eigenvalue weighted by Crippen LogP contribution is 2.25. The van der Waals surface area contributed by atoms with Crippen molar-refractivity contribution in [3.05, 3.63) is 65.2 Å². The van der Waals surface area contributed by atoms with Crippen LogP contribution in [0.25, 0.3) is 0 Å². The number of hydrogen-bond donors (Lipinski definition) is 1. The van der Waals surface area contributed by atoms with Crippen molar-refractivity contribution in [1.29, 1.82) is 0 Å². The maximum atomic E-state index is 12.4. The summed E-state index contributed by atoms with van der Waals surface area (Å²) in [5.41, 5.74) is 6.71. The minimum atomic E-state index is -0.390. The van der Waals surface area contributed by atoms with Gasteiger partial charge in [0.25, 0.3) is 0 Å². The van der Waals surface area contributed by atoms with E-state index in [1.54, 1.807) is 11.1 Å². The van der Waals surface area contributed by atoms with E-state index in [0.717, 1.165) is 16.8 Å². The monoisotopic (exact) mass is 363 g/mol. The van der Waals surface area contributed by atoms with Gasteiger partial charge in [-0.05, 0) is 36.1 Å². The average molecular weight is 363 g/mol. The van der Waals surface area contributed by atoms with Crippen LogP contribution in [0.15, 0.2) is 53.6 Å². The van der Waals surface area contributed by atoms with Gasteiger partial charge in [-0.25, -0.2) is 5.43 Å². The summed E-state index contributed by atoms with van der Waals surface area (Å²) in [6, 6.07) is 15.8. The van der Waals surface area contributed by atoms with E-state index in [0.29, 0.717) is 12.5 Å². The number of nitrogens with zero attached hydrogens (tertiary/aromatic N) is 2. The normalized spacial score (nSPS) is 17.1. The maximum absolute atomic E-state index is 12.4. The second-order valence-electron chi connectivity index (χ2n) is 7.30. The molecule has 1 heterocycles. The zero-order valence-corrected chi connectivity index (χ0v) is 16.0. The number of rotatable bonds is 5. The molecule has 0 bridgehead atoms. The Balaban J connectivity index is 1.57. The summed E-state index contributed by atoms with van der Waals surface area (Å²) in [7, 11) is 0. The first kappa shape index (κ1) is 18.8. The molecule has 5 heteroatoms. The number of hydrazone groups is 1. The molecule has 27 heavy (non-hydrogen) atoms. The van der Waals surface area contributed by atoms with Crippen molar-refractivity contribution in [3.63, 3.8) is 0 Å². The third-order valence-electron chi connectivity index (χ3n) is 4.83. The lowest BCUT2D eigenvalue weighted by molar-refractivity contribution is -0.126. The fourth-order valence-electron chi connectivity index (χ4n) is 3.09. The molecule has 2 aromatic carbocycles. The SMILES string of the molecule is Cc1ccc(N2C[C@H](C(=O)N/N=C/c3ccc(C(C)C)cc3)CC2=O)cc1. The van der Waals surface area contributed by atoms with Crippen molar-refractivity contribution in [1.82, 2.24) is 5.43 Å². The van der Waals surface area contributed by atoms with Crippen LogP contribution in [0.1, 0.15) is 42.9 Å². The van der Waals surface area contributed by atoms with Crippen LogP contribution in [0.3, 0.4) is 0 Å². The van der Waals surface area contributed by atoms with E-state index in [9.17, 15) is 9.59 Å². The summed E-state index contributed by atoms with van der Waals surface area (Å²) in [4.78, 5) is 26.3. The second-order valence-corrected chi connectivity index (χ2v) is 7.30. The number of anilines is 1. The number of hydrogen-bond acceptors (Lipinski definition) is 3. The maximum Gasteiger partial charge on any atom is 0.245 e. The Kier molecular flexibility index (Phi) is 5.69. The van der Waals surface area contributed by atoms with Crippen LogP contribution in [-0.4, -0.2) is 24.6 Å². The van der Waals surface area contributed by atoms with Crippen molar-refractivity contribution in [2.75, 3.05) is 11.4 Å². The summed E-state index contributed by atoms with van der Waals surface area (Å²) in [5, 5.41) is 4.04. The molecule has 140 valence electrons. The Labute approximate surface area is 160 Å². The smallest absolute Gasteiger partial charge is 0.245 e. The molecule has 1 fully saturated rings. The van der Waals surface area contributed by atoms with E-state index >= 15 is 0 Å². The van der Waals surface area contributed by atoms with Crippen molar-refractivity contribution in [2.24, 2.45) is 11.0 Å². The van der Waals surface area contributed by atoms with Gasteiger partial charge in [0.1, 0.15) is 0 Å². The number of amides is 2. The van der Waals surface area contributed by atoms with Crippen molar-refractivity contribution >= 4 is 23.7 Å². The molecule has 1 N–H and O–H groups in total. The summed E-state index contributed by atoms with van der Waals surface area (Å²) >= 11 is 0. The zero-order valence-electron chi connectivity index (χ0n) is 16.0. The minimum absolute atomic E-state index is 0.0349. The molecule has 0 saturated carbocycles. The van der Waals surface area contributed by atoms with Gasteiger partial charge in [0, 0.05) is 18.7 Å². The quantitative estimate of drug-likeness (QED) is 0.651. The predicted molar refractivity (Wildman–Crippen MR) is 108 cm³/mol. The summed E-state index contributed by atoms with van der Waals surface area (Å²) in [5.74, 6) is -0.174. The van der Waals surface area contributed by atoms with Gasteiger partial charge in [-0.3, -0.25) is 9.59 Å². The Morgan fingerprint density at radius 2 is 1.81 bits per heavy atom. The minimum Gasteiger partial charge on any atom is -0.312 e. The molecule has 0 unspecified atom stereocenters. The first-order valence-corrected chi connectivity index (χ1v) is 9.24. The highest BCUT2D eigenvalue weighted by atomic mass is 16.2. The number of benzene rings is 2. The third kappa shape index (κ3) is 4.61. The molecule has 1 atom stereocenters. The molecule has 1 saturated heterocycles. The van der Waals surface area contributed by atoms with Gasteiger partial charge in [-0.15, -0.1) is 0 Å². The van der Waals surface area contributed by atoms with E-state index in [1.165, 1.54) is 5.56 Å². The number of carbonyl (C=O) groups excluding carboxylic acids is 2. The summed E-state index contributed by atoms with van der Waals surface area (Å²) in [6.45, 7) is 6.67. The van der Waals surface area contributed by atoms with Gasteiger partial charge in [0.2, 0.25) is 11.8 Å². The topological polar surface area (TPSA) is 61.8 Å². The Bertz CT molecular complexity index is 839. The third-order valence-corrected chi connectivity index (χ3v) is 4.83. The molecule has 3 rings (SSSR count). The molecule has 0 spiro atoms. The van der Waals surface area contributed by atoms with Gasteiger partial charge in [0.15, 0.2) is 0 Å². The lowest BCUT2D eigenvalue weighted by atomic mass is 10.0. The van der Waals surface area contributed by atoms with Gasteiger partial charge < -0.3 is 4.90 Å². The van der Waals surface area contributed by atoms with Gasteiger partial charge in [-0.1, -0.05) is 55.8 Å². The van der Waals surface area contributed by atoms with Gasteiger partial charge in [-0.2, -0.15) is 5.10 Å². The fourth-order valence-corrected chi connectivity index (χ4v) is 3.09. The molecule has 1 aliphatic rings. The van der Waals surface area contributed by atoms with Crippen LogP contribution < -0.4 is 10.3 Å². The number of aryl methyl sites for hydroxylation is 1. The van der Waals surface area contributed by atoms with E-state index < -0.39 is 0 Å². The molecule has 2 amide bonds. The van der Waals surface area contributed by atoms with Crippen molar-refractivity contribution < 1.29 is 9.59 Å². The molecule has 0 aromatic heterocycles. The standard InChI is InChI=1S/C22H25N3O2/c1-15(2)18-8-6-17(7-9-18)13-23-24-22(27)19-12-21(26)25(14-19)20-10-4-16(3)5-11-20/h4-11,13,15,19H,12,14H2,1-3H3,(H,24,27)/b23-13+/t19-/m1/s1. The lowest BCUT2D eigenvalue weighted by Gasteiger charge is -2.16. The number of carbonyl (C=O) groups is 2. The number of nitrogens with one attached hydrogen (secondary N) is 1. The molecule has 5 nitrogen and oxygen atoms in total. The average Bonchev–Trinajstić information content (AvgIpc) is 3.04. The van der Waals surface area contributed by atoms with Crippen LogP contribution in [0, 0.1) is 12.8 Å². The second kappa shape index (κ2) is 8.16. The van der Waals surface area contributed by atoms with Crippen LogP contribution >= 0.6 is 0 Å². The lowest BCUT2D eigenvalue weighted by Crippen LogP contribution is -2.30. The van der Waals surface area contributed by atoms with Crippen LogP contribution in [0.2, 0.25) is 0 Å². The Morgan fingerprint density at radius 1 is 1.15 bits per heavy atom. The van der Waals surface area contributed by atoms with Crippen molar-refractivity contribution in [3.8, 4) is 0 Å². The van der Waals surface area contributed by atoms with E-state index in [-0.39, 0.29) is 24.2 Å². The van der Waals surface area contributed by atoms with Crippen molar-refractivity contribution in [2.45, 2.75) is 33.1 Å². The molecular weight excluding hydrogens is 338 g/mol. The Morgan fingerprint density at radius 3 is 2.44 bits per heavy atom. The van der Waals surface area contributed by atoms with Crippen LogP contribution in [0.4, 0.5) is 5.69 Å². The predicted octanol–water partition coefficient (Wildman–Crippen LogP) is 3.62. The fraction of sp³-hybridized carbons (Fsp3) is 0.318. The molecule has 2 aromatic rings. The molecule has 0 radical (unpaired) electrons. The largest absolute Gasteiger partial charge is 0.312 e. The summed E-state index contributed by atoms with van der Waals surface area (Å²) < 4.78 is 0. The zero-order chi connectivity index (χ0) is 19.4.